The molecule has 1 aromatic heterocycles. The highest BCUT2D eigenvalue weighted by Crippen LogP contribution is 2.21. The van der Waals surface area contributed by atoms with Gasteiger partial charge >= 0.3 is 0 Å². The third kappa shape index (κ3) is 2.58. The number of aromatic nitrogens is 1. The number of nitrogens with zero attached hydrogens (tertiary/aromatic N) is 1. The molecule has 0 saturated heterocycles. The normalized spacial score (nSPS) is 10.4. The van der Waals surface area contributed by atoms with Crippen LogP contribution in [0.2, 0.25) is 0 Å². The van der Waals surface area contributed by atoms with E-state index in [2.05, 4.69) is 20.9 Å². The lowest BCUT2D eigenvalue weighted by atomic mass is 10.1. The van der Waals surface area contributed by atoms with Crippen molar-refractivity contribution in [3.8, 4) is 5.88 Å². The number of halogens is 2. The van der Waals surface area contributed by atoms with Gasteiger partial charge in [-0.1, -0.05) is 12.1 Å². The van der Waals surface area contributed by atoms with Crippen molar-refractivity contribution < 1.29 is 9.50 Å². The van der Waals surface area contributed by atoms with Gasteiger partial charge in [-0.05, 0) is 39.7 Å². The lowest BCUT2D eigenvalue weighted by Gasteiger charge is -2.04. The molecule has 2 nitrogen and oxygen atoms in total. The van der Waals surface area contributed by atoms with Crippen molar-refractivity contribution in [1.29, 1.82) is 0 Å². The van der Waals surface area contributed by atoms with E-state index >= 15 is 0 Å². The second-order valence-corrected chi connectivity index (χ2v) is 4.26. The quantitative estimate of drug-likeness (QED) is 0.917. The van der Waals surface area contributed by atoms with Crippen LogP contribution >= 0.6 is 15.9 Å². The number of hydrogen-bond acceptors (Lipinski definition) is 2. The Labute approximate surface area is 101 Å². The predicted octanol–water partition coefficient (Wildman–Crippen LogP) is 3.28. The average Bonchev–Trinajstić information content (AvgIpc) is 2.24. The maximum absolute atomic E-state index is 13.0. The van der Waals surface area contributed by atoms with Crippen LogP contribution in [0.1, 0.15) is 11.3 Å². The molecule has 1 heterocycles. The van der Waals surface area contributed by atoms with Crippen LogP contribution in [0.25, 0.3) is 0 Å². The highest BCUT2D eigenvalue weighted by atomic mass is 79.9. The lowest BCUT2D eigenvalue weighted by molar-refractivity contribution is 0.451. The molecule has 0 unspecified atom stereocenters. The summed E-state index contributed by atoms with van der Waals surface area (Å²) < 4.78 is 13.8. The maximum Gasteiger partial charge on any atom is 0.211 e. The highest BCUT2D eigenvalue weighted by molar-refractivity contribution is 9.10. The molecular formula is C12H9BrFNO. The minimum Gasteiger partial charge on any atom is -0.493 e. The van der Waals surface area contributed by atoms with Gasteiger partial charge in [0.05, 0.1) is 5.69 Å². The molecule has 16 heavy (non-hydrogen) atoms. The highest BCUT2D eigenvalue weighted by Gasteiger charge is 2.05. The van der Waals surface area contributed by atoms with Gasteiger partial charge in [-0.3, -0.25) is 0 Å². The second-order valence-electron chi connectivity index (χ2n) is 3.40. The first kappa shape index (κ1) is 11.1. The second kappa shape index (κ2) is 4.61. The van der Waals surface area contributed by atoms with Crippen LogP contribution in [0.5, 0.6) is 5.88 Å². The first-order valence-corrected chi connectivity index (χ1v) is 5.53. The summed E-state index contributed by atoms with van der Waals surface area (Å²) in [5.41, 5.74) is 1.50. The van der Waals surface area contributed by atoms with Crippen LogP contribution < -0.4 is 0 Å². The van der Waals surface area contributed by atoms with Gasteiger partial charge < -0.3 is 5.11 Å². The molecule has 0 aliphatic rings. The van der Waals surface area contributed by atoms with Crippen LogP contribution in [0.3, 0.4) is 0 Å². The first-order valence-electron chi connectivity index (χ1n) is 4.74. The minimum atomic E-state index is -0.270. The fourth-order valence-electron chi connectivity index (χ4n) is 1.44. The summed E-state index contributed by atoms with van der Waals surface area (Å²) in [4.78, 5) is 3.98. The summed E-state index contributed by atoms with van der Waals surface area (Å²) in [6, 6.07) is 9.55. The van der Waals surface area contributed by atoms with Crippen LogP contribution in [0.4, 0.5) is 4.39 Å². The molecule has 0 bridgehead atoms. The van der Waals surface area contributed by atoms with Crippen molar-refractivity contribution in [3.63, 3.8) is 0 Å². The van der Waals surface area contributed by atoms with Crippen molar-refractivity contribution in [2.45, 2.75) is 6.42 Å². The molecule has 82 valence electrons. The molecule has 2 rings (SSSR count). The van der Waals surface area contributed by atoms with Crippen LogP contribution in [-0.2, 0) is 6.42 Å². The summed E-state index contributed by atoms with van der Waals surface area (Å²) in [5.74, 6) is -0.302. The Morgan fingerprint density at radius 3 is 2.81 bits per heavy atom. The number of hydrogen-bond donors (Lipinski definition) is 1. The molecule has 0 amide bonds. The van der Waals surface area contributed by atoms with Crippen molar-refractivity contribution in [1.82, 2.24) is 4.98 Å². The summed E-state index contributed by atoms with van der Waals surface area (Å²) >= 11 is 3.34. The fourth-order valence-corrected chi connectivity index (χ4v) is 1.80. The Morgan fingerprint density at radius 1 is 1.25 bits per heavy atom. The van der Waals surface area contributed by atoms with Gasteiger partial charge in [-0.2, -0.15) is 0 Å². The topological polar surface area (TPSA) is 33.1 Å². The smallest absolute Gasteiger partial charge is 0.211 e. The van der Waals surface area contributed by atoms with E-state index in [-0.39, 0.29) is 11.7 Å². The van der Waals surface area contributed by atoms with Gasteiger partial charge in [0.1, 0.15) is 5.82 Å². The van der Waals surface area contributed by atoms with Crippen molar-refractivity contribution >= 4 is 15.9 Å². The van der Waals surface area contributed by atoms with Gasteiger partial charge in [0.15, 0.2) is 0 Å². The molecule has 1 aromatic carbocycles. The van der Waals surface area contributed by atoms with Gasteiger partial charge in [0.25, 0.3) is 0 Å². The lowest BCUT2D eigenvalue weighted by Crippen LogP contribution is -1.94. The van der Waals surface area contributed by atoms with E-state index in [9.17, 15) is 9.50 Å². The van der Waals surface area contributed by atoms with Gasteiger partial charge in [0.2, 0.25) is 5.88 Å². The zero-order valence-corrected chi connectivity index (χ0v) is 9.91. The Kier molecular flexibility index (Phi) is 3.19. The Bertz CT molecular complexity index is 516. The Hall–Kier alpha value is -1.42. The third-order valence-corrected chi connectivity index (χ3v) is 2.89. The molecule has 0 fully saturated rings. The predicted molar refractivity (Wildman–Crippen MR) is 62.8 cm³/mol. The molecule has 4 heteroatoms. The molecule has 0 aliphatic carbocycles. The van der Waals surface area contributed by atoms with E-state index in [0.717, 1.165) is 10.0 Å². The van der Waals surface area contributed by atoms with Gasteiger partial charge in [0, 0.05) is 17.0 Å². The molecule has 0 saturated carbocycles. The van der Waals surface area contributed by atoms with E-state index in [1.54, 1.807) is 12.1 Å². The maximum atomic E-state index is 13.0. The molecule has 0 spiro atoms. The van der Waals surface area contributed by atoms with E-state index in [4.69, 9.17) is 0 Å². The summed E-state index contributed by atoms with van der Waals surface area (Å²) in [6.45, 7) is 0. The van der Waals surface area contributed by atoms with Crippen LogP contribution in [0.15, 0.2) is 40.9 Å². The summed E-state index contributed by atoms with van der Waals surface area (Å²) in [5, 5.41) is 9.26. The monoisotopic (exact) mass is 281 g/mol. The number of benzene rings is 1. The standard InChI is InChI=1S/C12H9BrFNO/c13-10-4-5-12(16)15-11(10)7-8-2-1-3-9(14)6-8/h1-6H,7H2,(H,15,16). The fraction of sp³-hybridized carbons (Fsp3) is 0.0833. The summed E-state index contributed by atoms with van der Waals surface area (Å²) in [6.07, 6.45) is 0.479. The molecule has 0 atom stereocenters. The molecule has 0 aliphatic heterocycles. The van der Waals surface area contributed by atoms with Crippen LogP contribution in [0, 0.1) is 5.82 Å². The number of aromatic hydroxyl groups is 1. The minimum absolute atomic E-state index is 0.0328. The third-order valence-electron chi connectivity index (χ3n) is 2.16. The largest absolute Gasteiger partial charge is 0.493 e. The zero-order valence-electron chi connectivity index (χ0n) is 8.32. The SMILES string of the molecule is Oc1ccc(Br)c(Cc2cccc(F)c2)n1. The van der Waals surface area contributed by atoms with Gasteiger partial charge in [-0.15, -0.1) is 0 Å². The first-order chi connectivity index (χ1) is 7.65. The van der Waals surface area contributed by atoms with Gasteiger partial charge in [-0.25, -0.2) is 9.37 Å². The number of pyridine rings is 1. The zero-order chi connectivity index (χ0) is 11.5. The van der Waals surface area contributed by atoms with E-state index in [1.165, 1.54) is 18.2 Å². The van der Waals surface area contributed by atoms with Crippen LogP contribution in [-0.4, -0.2) is 10.1 Å². The van der Waals surface area contributed by atoms with E-state index in [1.807, 2.05) is 6.07 Å². The van der Waals surface area contributed by atoms with Crippen molar-refractivity contribution in [2.75, 3.05) is 0 Å². The molecule has 1 N–H and O–H groups in total. The molecular weight excluding hydrogens is 273 g/mol. The average molecular weight is 282 g/mol. The van der Waals surface area contributed by atoms with Crippen molar-refractivity contribution in [2.24, 2.45) is 0 Å². The van der Waals surface area contributed by atoms with E-state index in [0.29, 0.717) is 12.1 Å². The Morgan fingerprint density at radius 2 is 2.06 bits per heavy atom. The molecule has 0 radical (unpaired) electrons. The van der Waals surface area contributed by atoms with Crippen molar-refractivity contribution in [3.05, 3.63) is 57.9 Å². The Balaban J connectivity index is 2.30. The number of rotatable bonds is 2. The molecule has 2 aromatic rings. The van der Waals surface area contributed by atoms with E-state index < -0.39 is 0 Å². The summed E-state index contributed by atoms with van der Waals surface area (Å²) in [7, 11) is 0.